The summed E-state index contributed by atoms with van der Waals surface area (Å²) in [5.41, 5.74) is 3.61. The Morgan fingerprint density at radius 2 is 2.04 bits per heavy atom. The number of nitriles is 1. The highest BCUT2D eigenvalue weighted by atomic mass is 16.8. The molecule has 2 saturated heterocycles. The number of ether oxygens (including phenoxy) is 3. The molecule has 0 bridgehead atoms. The van der Waals surface area contributed by atoms with Gasteiger partial charge in [-0.05, 0) is 18.9 Å². The van der Waals surface area contributed by atoms with Crippen molar-refractivity contribution < 1.29 is 24.4 Å². The quantitative estimate of drug-likeness (QED) is 0.632. The molecular weight excluding hydrogens is 368 g/mol. The molecule has 1 aromatic rings. The number of aromatic nitrogens is 2. The number of nitrogens with two attached hydrogens (primary N) is 1. The first-order valence-electron chi connectivity index (χ1n) is 9.49. The van der Waals surface area contributed by atoms with Gasteiger partial charge >= 0.3 is 5.69 Å². The number of rotatable bonds is 4. The van der Waals surface area contributed by atoms with E-state index in [0.29, 0.717) is 12.8 Å². The van der Waals surface area contributed by atoms with Gasteiger partial charge in [-0.2, -0.15) is 10.2 Å². The lowest BCUT2D eigenvalue weighted by Crippen LogP contribution is -2.57. The lowest BCUT2D eigenvalue weighted by Gasteiger charge is -2.45. The van der Waals surface area contributed by atoms with Crippen molar-refractivity contribution in [3.05, 3.63) is 22.7 Å². The summed E-state index contributed by atoms with van der Waals surface area (Å²) >= 11 is 0. The van der Waals surface area contributed by atoms with E-state index in [2.05, 4.69) is 11.1 Å². The van der Waals surface area contributed by atoms with E-state index in [1.165, 1.54) is 16.8 Å². The summed E-state index contributed by atoms with van der Waals surface area (Å²) in [6.45, 7) is -0.362. The molecule has 0 spiro atoms. The highest BCUT2D eigenvalue weighted by Crippen LogP contribution is 2.51. The molecule has 0 radical (unpaired) electrons. The van der Waals surface area contributed by atoms with Crippen LogP contribution in [0.4, 0.5) is 5.82 Å². The maximum Gasteiger partial charge on any atom is 0.351 e. The second kappa shape index (κ2) is 7.09. The summed E-state index contributed by atoms with van der Waals surface area (Å²) in [6.07, 6.45) is 1.55. The Balaban J connectivity index is 1.71. The van der Waals surface area contributed by atoms with Crippen LogP contribution in [0.25, 0.3) is 0 Å². The average molecular weight is 392 g/mol. The molecule has 10 heteroatoms. The van der Waals surface area contributed by atoms with Gasteiger partial charge in [-0.15, -0.1) is 0 Å². The van der Waals surface area contributed by atoms with Crippen molar-refractivity contribution in [1.29, 1.82) is 5.26 Å². The number of nitrogen functional groups attached to an aromatic ring is 1. The van der Waals surface area contributed by atoms with E-state index >= 15 is 0 Å². The SMILES string of the molecule is N#CCC1(C2(O)CCCCC2)O[C@@H]2[C@H](O1)[C@@H](CO)O[C@H]2n1ccc(N)nc1=O. The molecule has 3 heterocycles. The summed E-state index contributed by atoms with van der Waals surface area (Å²) in [7, 11) is 0. The van der Waals surface area contributed by atoms with Gasteiger partial charge in [0.1, 0.15) is 29.7 Å². The highest BCUT2D eigenvalue weighted by Gasteiger charge is 2.65. The third kappa shape index (κ3) is 2.91. The Morgan fingerprint density at radius 3 is 2.68 bits per heavy atom. The van der Waals surface area contributed by atoms with Crippen LogP contribution in [0.15, 0.2) is 17.1 Å². The Labute approximate surface area is 161 Å². The van der Waals surface area contributed by atoms with Crippen LogP contribution in [0.3, 0.4) is 0 Å². The third-order valence-electron chi connectivity index (χ3n) is 5.95. The zero-order valence-electron chi connectivity index (χ0n) is 15.4. The van der Waals surface area contributed by atoms with Crippen molar-refractivity contribution in [1.82, 2.24) is 9.55 Å². The van der Waals surface area contributed by atoms with Crippen LogP contribution in [0.1, 0.15) is 44.8 Å². The van der Waals surface area contributed by atoms with Gasteiger partial charge in [-0.3, -0.25) is 4.57 Å². The van der Waals surface area contributed by atoms with Gasteiger partial charge < -0.3 is 30.2 Å². The molecule has 1 aromatic heterocycles. The Kier molecular flexibility index (Phi) is 4.89. The van der Waals surface area contributed by atoms with E-state index in [9.17, 15) is 20.3 Å². The minimum atomic E-state index is -1.53. The summed E-state index contributed by atoms with van der Waals surface area (Å²) in [6, 6.07) is 3.52. The minimum absolute atomic E-state index is 0.0773. The molecule has 3 fully saturated rings. The van der Waals surface area contributed by atoms with Crippen LogP contribution in [0.5, 0.6) is 0 Å². The number of hydrogen-bond donors (Lipinski definition) is 3. The highest BCUT2D eigenvalue weighted by molar-refractivity contribution is 5.23. The molecule has 28 heavy (non-hydrogen) atoms. The molecule has 2 aliphatic heterocycles. The maximum absolute atomic E-state index is 12.3. The zero-order chi connectivity index (χ0) is 19.9. The maximum atomic E-state index is 12.3. The number of hydrogen-bond acceptors (Lipinski definition) is 9. The standard InChI is InChI=1S/C18H24N4O6/c19-8-7-18(17(25)5-2-1-3-6-17)27-13-11(10-23)26-15(14(13)28-18)22-9-4-12(20)21-16(22)24/h4,9,11,13-15,23,25H,1-3,5-7,10H2,(H2,20,21,24)/t11-,13-,14-,15-,18?/m1/s1. The number of nitrogens with zero attached hydrogens (tertiary/aromatic N) is 3. The third-order valence-corrected chi connectivity index (χ3v) is 5.95. The molecule has 1 aliphatic carbocycles. The summed E-state index contributed by atoms with van der Waals surface area (Å²) in [5, 5.41) is 30.5. The molecule has 10 nitrogen and oxygen atoms in total. The number of fused-ring (bicyclic) bond motifs is 1. The first-order valence-corrected chi connectivity index (χ1v) is 9.49. The van der Waals surface area contributed by atoms with Gasteiger partial charge in [0.2, 0.25) is 5.79 Å². The summed E-state index contributed by atoms with van der Waals surface area (Å²) in [4.78, 5) is 16.0. The van der Waals surface area contributed by atoms with Crippen LogP contribution in [0, 0.1) is 11.3 Å². The number of aliphatic hydroxyl groups excluding tert-OH is 1. The van der Waals surface area contributed by atoms with Gasteiger partial charge in [-0.25, -0.2) is 4.79 Å². The lowest BCUT2D eigenvalue weighted by atomic mass is 9.77. The van der Waals surface area contributed by atoms with Gasteiger partial charge in [-0.1, -0.05) is 19.3 Å². The van der Waals surface area contributed by atoms with Crippen LogP contribution in [-0.2, 0) is 14.2 Å². The van der Waals surface area contributed by atoms with Gasteiger partial charge in [0.25, 0.3) is 0 Å². The predicted octanol–water partition coefficient (Wildman–Crippen LogP) is -0.196. The molecule has 3 aliphatic rings. The summed E-state index contributed by atoms with van der Waals surface area (Å²) < 4.78 is 19.3. The van der Waals surface area contributed by atoms with Crippen molar-refractivity contribution in [2.45, 2.75) is 74.5 Å². The summed E-state index contributed by atoms with van der Waals surface area (Å²) in [5.74, 6) is -1.45. The van der Waals surface area contributed by atoms with E-state index in [0.717, 1.165) is 19.3 Å². The van der Waals surface area contributed by atoms with Crippen LogP contribution < -0.4 is 11.4 Å². The molecule has 4 rings (SSSR count). The Bertz CT molecular complexity index is 832. The van der Waals surface area contributed by atoms with Crippen LogP contribution >= 0.6 is 0 Å². The first kappa shape index (κ1) is 19.3. The number of anilines is 1. The monoisotopic (exact) mass is 392 g/mol. The average Bonchev–Trinajstić information content (AvgIpc) is 3.20. The number of aliphatic hydroxyl groups is 2. The zero-order valence-corrected chi connectivity index (χ0v) is 15.4. The van der Waals surface area contributed by atoms with Crippen molar-refractivity contribution in [3.63, 3.8) is 0 Å². The predicted molar refractivity (Wildman–Crippen MR) is 94.6 cm³/mol. The van der Waals surface area contributed by atoms with E-state index in [1.54, 1.807) is 0 Å². The molecule has 0 amide bonds. The van der Waals surface area contributed by atoms with Gasteiger partial charge in [0, 0.05) is 6.20 Å². The Morgan fingerprint density at radius 1 is 1.32 bits per heavy atom. The van der Waals surface area contributed by atoms with Crippen LogP contribution in [0.2, 0.25) is 0 Å². The second-order valence-corrected chi connectivity index (χ2v) is 7.63. The topological polar surface area (TPSA) is 153 Å². The fourth-order valence-corrected chi connectivity index (χ4v) is 4.52. The molecular formula is C18H24N4O6. The Hall–Kier alpha value is -2.03. The second-order valence-electron chi connectivity index (χ2n) is 7.63. The van der Waals surface area contributed by atoms with E-state index < -0.39 is 41.6 Å². The molecule has 0 aromatic carbocycles. The smallest absolute Gasteiger partial charge is 0.351 e. The van der Waals surface area contributed by atoms with Crippen molar-refractivity contribution in [3.8, 4) is 6.07 Å². The van der Waals surface area contributed by atoms with Crippen molar-refractivity contribution in [2.75, 3.05) is 12.3 Å². The normalized spacial score (nSPS) is 36.8. The first-order chi connectivity index (χ1) is 13.4. The fourth-order valence-electron chi connectivity index (χ4n) is 4.52. The van der Waals surface area contributed by atoms with Crippen molar-refractivity contribution >= 4 is 5.82 Å². The fraction of sp³-hybridized carbons (Fsp3) is 0.722. The molecule has 1 saturated carbocycles. The van der Waals surface area contributed by atoms with Crippen LogP contribution in [-0.4, -0.2) is 56.1 Å². The van der Waals surface area contributed by atoms with Crippen molar-refractivity contribution in [2.24, 2.45) is 0 Å². The lowest BCUT2D eigenvalue weighted by molar-refractivity contribution is -0.305. The molecule has 4 N–H and O–H groups in total. The van der Waals surface area contributed by atoms with Gasteiger partial charge in [0.05, 0.1) is 19.1 Å². The largest absolute Gasteiger partial charge is 0.394 e. The molecule has 1 unspecified atom stereocenters. The van der Waals surface area contributed by atoms with Gasteiger partial charge in [0.15, 0.2) is 6.23 Å². The molecule has 5 atom stereocenters. The van der Waals surface area contributed by atoms with E-state index in [-0.39, 0.29) is 18.8 Å². The minimum Gasteiger partial charge on any atom is -0.394 e. The van der Waals surface area contributed by atoms with E-state index in [4.69, 9.17) is 19.9 Å². The van der Waals surface area contributed by atoms with E-state index in [1.807, 2.05) is 0 Å². The molecule has 152 valence electrons.